The molecule has 0 N–H and O–H groups in total. The largest absolute Gasteiger partial charge is 0.175 e. The Kier molecular flexibility index (Phi) is 4.54. The number of rotatable bonds is 4. The smallest absolute Gasteiger partial charge is 0.167 e. The van der Waals surface area contributed by atoms with Gasteiger partial charge in [-0.05, 0) is 36.3 Å². The van der Waals surface area contributed by atoms with Crippen LogP contribution >= 0.6 is 15.9 Å². The first-order chi connectivity index (χ1) is 8.19. The maximum absolute atomic E-state index is 4.28. The van der Waals surface area contributed by atoms with Gasteiger partial charge in [-0.15, -0.1) is 10.2 Å². The fraction of sp³-hybridized carbons (Fsp3) is 0.917. The lowest BCUT2D eigenvalue weighted by molar-refractivity contribution is 0.260. The Balaban J connectivity index is 1.93. The van der Waals surface area contributed by atoms with Gasteiger partial charge in [0, 0.05) is 11.2 Å². The number of halogens is 1. The first-order valence-corrected chi connectivity index (χ1v) is 7.47. The summed E-state index contributed by atoms with van der Waals surface area (Å²) in [5.74, 6) is 2.46. The van der Waals surface area contributed by atoms with Crippen LogP contribution in [-0.2, 0) is 13.5 Å². The van der Waals surface area contributed by atoms with E-state index in [4.69, 9.17) is 0 Å². The van der Waals surface area contributed by atoms with E-state index in [-0.39, 0.29) is 0 Å². The quantitative estimate of drug-likeness (QED) is 0.803. The number of hydrogen-bond acceptors (Lipinski definition) is 3. The normalized spacial score (nSPS) is 29.5. The Bertz CT molecular complexity index is 352. The first-order valence-electron chi connectivity index (χ1n) is 6.56. The van der Waals surface area contributed by atoms with Gasteiger partial charge in [0.2, 0.25) is 0 Å². The average molecular weight is 301 g/mol. The van der Waals surface area contributed by atoms with E-state index in [1.807, 2.05) is 7.05 Å². The molecule has 1 fully saturated rings. The minimum Gasteiger partial charge on any atom is -0.167 e. The van der Waals surface area contributed by atoms with E-state index in [2.05, 4.69) is 38.3 Å². The Morgan fingerprint density at radius 2 is 2.24 bits per heavy atom. The summed E-state index contributed by atoms with van der Waals surface area (Å²) < 4.78 is 0. The van der Waals surface area contributed by atoms with Gasteiger partial charge in [-0.25, -0.2) is 0 Å². The molecule has 0 radical (unpaired) electrons. The van der Waals surface area contributed by atoms with Gasteiger partial charge in [-0.3, -0.25) is 0 Å². The van der Waals surface area contributed by atoms with E-state index in [0.717, 1.165) is 18.2 Å². The molecule has 0 saturated heterocycles. The van der Waals surface area contributed by atoms with E-state index in [9.17, 15) is 0 Å². The molecule has 1 heterocycles. The van der Waals surface area contributed by atoms with Crippen LogP contribution in [0.4, 0.5) is 0 Å². The molecule has 1 aromatic rings. The van der Waals surface area contributed by atoms with Crippen LogP contribution in [-0.4, -0.2) is 25.0 Å². The van der Waals surface area contributed by atoms with Gasteiger partial charge in [-0.1, -0.05) is 35.7 Å². The highest BCUT2D eigenvalue weighted by atomic mass is 79.9. The minimum atomic E-state index is 0.624. The van der Waals surface area contributed by atoms with Crippen LogP contribution in [0.15, 0.2) is 0 Å². The van der Waals surface area contributed by atoms with Crippen molar-refractivity contribution in [3.8, 4) is 0 Å². The predicted molar refractivity (Wildman–Crippen MR) is 71.0 cm³/mol. The Morgan fingerprint density at radius 1 is 1.41 bits per heavy atom. The van der Waals surface area contributed by atoms with Gasteiger partial charge < -0.3 is 0 Å². The summed E-state index contributed by atoms with van der Waals surface area (Å²) in [7, 11) is 1.82. The van der Waals surface area contributed by atoms with Gasteiger partial charge in [0.15, 0.2) is 5.82 Å². The summed E-state index contributed by atoms with van der Waals surface area (Å²) in [4.78, 5) is 2.17. The zero-order valence-corrected chi connectivity index (χ0v) is 12.2. The molecule has 1 aromatic heterocycles. The van der Waals surface area contributed by atoms with Crippen molar-refractivity contribution in [2.45, 2.75) is 50.3 Å². The number of hydrogen-bond donors (Lipinski definition) is 0. The minimum absolute atomic E-state index is 0.624. The molecule has 0 bridgehead atoms. The van der Waals surface area contributed by atoms with Gasteiger partial charge >= 0.3 is 0 Å². The molecule has 1 aliphatic carbocycles. The second kappa shape index (κ2) is 5.94. The third kappa shape index (κ3) is 3.50. The number of aryl methyl sites for hydroxylation is 1. The van der Waals surface area contributed by atoms with Crippen molar-refractivity contribution < 1.29 is 0 Å². The maximum Gasteiger partial charge on any atom is 0.175 e. The standard InChI is InChI=1S/C12H21BrN4/c1-3-4-9-5-6-11(13)10(7-9)8-12-14-16-17(2)15-12/h9-11H,3-8H2,1-2H3. The van der Waals surface area contributed by atoms with E-state index in [1.54, 1.807) is 4.80 Å². The lowest BCUT2D eigenvalue weighted by Crippen LogP contribution is -2.27. The Morgan fingerprint density at radius 3 is 2.88 bits per heavy atom. The zero-order valence-electron chi connectivity index (χ0n) is 10.6. The van der Waals surface area contributed by atoms with Crippen LogP contribution in [0.25, 0.3) is 0 Å². The van der Waals surface area contributed by atoms with Crippen LogP contribution in [0.1, 0.15) is 44.9 Å². The van der Waals surface area contributed by atoms with E-state index < -0.39 is 0 Å². The molecule has 5 heteroatoms. The molecule has 17 heavy (non-hydrogen) atoms. The van der Waals surface area contributed by atoms with E-state index in [0.29, 0.717) is 10.7 Å². The van der Waals surface area contributed by atoms with Crippen molar-refractivity contribution in [1.82, 2.24) is 20.2 Å². The fourth-order valence-corrected chi connectivity index (χ4v) is 3.51. The summed E-state index contributed by atoms with van der Waals surface area (Å²) in [6, 6.07) is 0. The molecule has 1 aliphatic rings. The van der Waals surface area contributed by atoms with Gasteiger partial charge in [0.05, 0.1) is 7.05 Å². The summed E-state index contributed by atoms with van der Waals surface area (Å²) >= 11 is 3.81. The highest BCUT2D eigenvalue weighted by molar-refractivity contribution is 9.09. The summed E-state index contributed by atoms with van der Waals surface area (Å²) in [6.45, 7) is 2.28. The summed E-state index contributed by atoms with van der Waals surface area (Å²) in [5.41, 5.74) is 0. The molecule has 96 valence electrons. The topological polar surface area (TPSA) is 43.6 Å². The molecule has 2 rings (SSSR count). The molecule has 1 saturated carbocycles. The highest BCUT2D eigenvalue weighted by Crippen LogP contribution is 2.37. The lowest BCUT2D eigenvalue weighted by atomic mass is 9.78. The maximum atomic E-state index is 4.28. The van der Waals surface area contributed by atoms with Crippen molar-refractivity contribution >= 4 is 15.9 Å². The third-order valence-corrected chi connectivity index (χ3v) is 4.90. The van der Waals surface area contributed by atoms with Crippen LogP contribution in [0, 0.1) is 11.8 Å². The second-order valence-corrected chi connectivity index (χ2v) is 6.32. The molecule has 4 nitrogen and oxygen atoms in total. The molecule has 0 spiro atoms. The molecular weight excluding hydrogens is 280 g/mol. The van der Waals surface area contributed by atoms with Gasteiger partial charge in [-0.2, -0.15) is 4.80 Å². The molecular formula is C12H21BrN4. The fourth-order valence-electron chi connectivity index (χ4n) is 2.85. The summed E-state index contributed by atoms with van der Waals surface area (Å²) in [6.07, 6.45) is 7.59. The van der Waals surface area contributed by atoms with Crippen molar-refractivity contribution in [3.05, 3.63) is 5.82 Å². The van der Waals surface area contributed by atoms with Crippen molar-refractivity contribution in [2.24, 2.45) is 18.9 Å². The third-order valence-electron chi connectivity index (χ3n) is 3.69. The van der Waals surface area contributed by atoms with Crippen LogP contribution in [0.2, 0.25) is 0 Å². The monoisotopic (exact) mass is 300 g/mol. The molecule has 0 aromatic carbocycles. The van der Waals surface area contributed by atoms with E-state index >= 15 is 0 Å². The lowest BCUT2D eigenvalue weighted by Gasteiger charge is -2.32. The van der Waals surface area contributed by atoms with Gasteiger partial charge in [0.25, 0.3) is 0 Å². The van der Waals surface area contributed by atoms with Gasteiger partial charge in [0.1, 0.15) is 0 Å². The molecule has 3 unspecified atom stereocenters. The second-order valence-electron chi connectivity index (χ2n) is 5.14. The van der Waals surface area contributed by atoms with Crippen molar-refractivity contribution in [3.63, 3.8) is 0 Å². The molecule has 0 amide bonds. The van der Waals surface area contributed by atoms with Crippen LogP contribution in [0.3, 0.4) is 0 Å². The number of nitrogens with zero attached hydrogens (tertiary/aromatic N) is 4. The number of tetrazole rings is 1. The number of alkyl halides is 1. The van der Waals surface area contributed by atoms with Crippen LogP contribution in [0.5, 0.6) is 0 Å². The Hall–Kier alpha value is -0.450. The van der Waals surface area contributed by atoms with E-state index in [1.165, 1.54) is 32.1 Å². The van der Waals surface area contributed by atoms with Crippen molar-refractivity contribution in [1.29, 1.82) is 0 Å². The van der Waals surface area contributed by atoms with Crippen LogP contribution < -0.4 is 0 Å². The summed E-state index contributed by atoms with van der Waals surface area (Å²) in [5, 5.41) is 12.3. The SMILES string of the molecule is CCCC1CCC(Br)C(Cc2nnn(C)n2)C1. The number of aromatic nitrogens is 4. The zero-order chi connectivity index (χ0) is 12.3. The molecule has 3 atom stereocenters. The average Bonchev–Trinajstić information content (AvgIpc) is 2.69. The van der Waals surface area contributed by atoms with Crippen molar-refractivity contribution in [2.75, 3.05) is 0 Å². The highest BCUT2D eigenvalue weighted by Gasteiger charge is 2.29. The Labute approximate surface area is 111 Å². The molecule has 0 aliphatic heterocycles. The predicted octanol–water partition coefficient (Wildman–Crippen LogP) is 2.73. The first kappa shape index (κ1) is 13.0.